The number of amides is 1. The quantitative estimate of drug-likeness (QED) is 0.695. The smallest absolute Gasteiger partial charge is 0.305 e. The number of fused-ring (bicyclic) bond motifs is 1. The molecule has 0 radical (unpaired) electrons. The number of nitro benzene ring substituents is 1. The van der Waals surface area contributed by atoms with Gasteiger partial charge in [-0.1, -0.05) is 24.3 Å². The summed E-state index contributed by atoms with van der Waals surface area (Å²) >= 11 is 0. The first kappa shape index (κ1) is 15.1. The van der Waals surface area contributed by atoms with Gasteiger partial charge in [-0.25, -0.2) is 0 Å². The van der Waals surface area contributed by atoms with Crippen molar-refractivity contribution in [3.8, 4) is 0 Å². The van der Waals surface area contributed by atoms with Crippen molar-refractivity contribution in [2.75, 3.05) is 0 Å². The standard InChI is InChI=1S/C17H15FN2O3/c18-14-9-8-12(10-16(14)20(22)23)17(21)19-15-7-3-5-11-4-1-2-6-13(11)15/h1-2,4,6,8-10,15H,3,5,7H2,(H,19,21)/t15-/m1/s1. The van der Waals surface area contributed by atoms with Gasteiger partial charge in [0.1, 0.15) is 0 Å². The minimum absolute atomic E-state index is 0.0844. The van der Waals surface area contributed by atoms with Crippen molar-refractivity contribution in [2.45, 2.75) is 25.3 Å². The molecule has 23 heavy (non-hydrogen) atoms. The predicted molar refractivity (Wildman–Crippen MR) is 82.6 cm³/mol. The largest absolute Gasteiger partial charge is 0.345 e. The SMILES string of the molecule is O=C(N[C@@H]1CCCc2ccccc21)c1ccc(F)c([N+](=O)[O-])c1. The van der Waals surface area contributed by atoms with Crippen LogP contribution in [0, 0.1) is 15.9 Å². The molecule has 2 aromatic rings. The lowest BCUT2D eigenvalue weighted by atomic mass is 9.87. The molecule has 0 spiro atoms. The Hall–Kier alpha value is -2.76. The Morgan fingerprint density at radius 2 is 2.04 bits per heavy atom. The van der Waals surface area contributed by atoms with Crippen molar-refractivity contribution in [1.82, 2.24) is 5.32 Å². The number of nitrogens with one attached hydrogen (secondary N) is 1. The van der Waals surface area contributed by atoms with Crippen LogP contribution in [0.5, 0.6) is 0 Å². The maximum atomic E-state index is 13.4. The fourth-order valence-electron chi connectivity index (χ4n) is 2.94. The second-order valence-corrected chi connectivity index (χ2v) is 5.54. The van der Waals surface area contributed by atoms with Gasteiger partial charge in [-0.15, -0.1) is 0 Å². The van der Waals surface area contributed by atoms with E-state index in [-0.39, 0.29) is 11.6 Å². The van der Waals surface area contributed by atoms with E-state index in [9.17, 15) is 19.3 Å². The highest BCUT2D eigenvalue weighted by atomic mass is 19.1. The van der Waals surface area contributed by atoms with Crippen molar-refractivity contribution < 1.29 is 14.1 Å². The van der Waals surface area contributed by atoms with Gasteiger partial charge in [0, 0.05) is 11.6 Å². The third-order valence-corrected chi connectivity index (χ3v) is 4.08. The second kappa shape index (κ2) is 6.16. The highest BCUT2D eigenvalue weighted by molar-refractivity contribution is 5.95. The molecular weight excluding hydrogens is 299 g/mol. The van der Waals surface area contributed by atoms with Crippen LogP contribution in [-0.2, 0) is 6.42 Å². The molecule has 0 aromatic heterocycles. The zero-order valence-electron chi connectivity index (χ0n) is 12.3. The van der Waals surface area contributed by atoms with E-state index in [1.54, 1.807) is 0 Å². The summed E-state index contributed by atoms with van der Waals surface area (Å²) in [6.07, 6.45) is 2.75. The maximum Gasteiger partial charge on any atom is 0.305 e. The Morgan fingerprint density at radius 1 is 1.26 bits per heavy atom. The first-order valence-electron chi connectivity index (χ1n) is 7.39. The molecule has 5 nitrogen and oxygen atoms in total. The molecule has 0 unspecified atom stereocenters. The van der Waals surface area contributed by atoms with E-state index in [1.165, 1.54) is 11.6 Å². The lowest BCUT2D eigenvalue weighted by Crippen LogP contribution is -2.31. The van der Waals surface area contributed by atoms with E-state index >= 15 is 0 Å². The van der Waals surface area contributed by atoms with E-state index in [4.69, 9.17) is 0 Å². The fraction of sp³-hybridized carbons (Fsp3) is 0.235. The third kappa shape index (κ3) is 3.06. The average Bonchev–Trinajstić information content (AvgIpc) is 2.55. The molecule has 3 rings (SSSR count). The fourth-order valence-corrected chi connectivity index (χ4v) is 2.94. The number of nitrogens with zero attached hydrogens (tertiary/aromatic N) is 1. The lowest BCUT2D eigenvalue weighted by molar-refractivity contribution is -0.387. The van der Waals surface area contributed by atoms with E-state index in [0.29, 0.717) is 0 Å². The van der Waals surface area contributed by atoms with Crippen LogP contribution in [-0.4, -0.2) is 10.8 Å². The molecule has 0 fully saturated rings. The number of halogens is 1. The Labute approximate surface area is 132 Å². The van der Waals surface area contributed by atoms with E-state index in [0.717, 1.165) is 37.0 Å². The lowest BCUT2D eigenvalue weighted by Gasteiger charge is -2.26. The second-order valence-electron chi connectivity index (χ2n) is 5.54. The zero-order valence-corrected chi connectivity index (χ0v) is 12.3. The molecule has 1 atom stereocenters. The summed E-state index contributed by atoms with van der Waals surface area (Å²) in [5.41, 5.74) is 1.67. The van der Waals surface area contributed by atoms with Crippen LogP contribution in [0.4, 0.5) is 10.1 Å². The van der Waals surface area contributed by atoms with Crippen LogP contribution in [0.15, 0.2) is 42.5 Å². The first-order valence-corrected chi connectivity index (χ1v) is 7.39. The zero-order chi connectivity index (χ0) is 16.4. The highest BCUT2D eigenvalue weighted by Gasteiger charge is 2.23. The van der Waals surface area contributed by atoms with Crippen molar-refractivity contribution >= 4 is 11.6 Å². The molecule has 0 saturated heterocycles. The summed E-state index contributed by atoms with van der Waals surface area (Å²) in [7, 11) is 0. The summed E-state index contributed by atoms with van der Waals surface area (Å²) < 4.78 is 13.4. The highest BCUT2D eigenvalue weighted by Crippen LogP contribution is 2.30. The molecule has 2 aromatic carbocycles. The normalized spacial score (nSPS) is 16.5. The van der Waals surface area contributed by atoms with Gasteiger partial charge in [-0.3, -0.25) is 14.9 Å². The number of nitro groups is 1. The molecule has 1 N–H and O–H groups in total. The van der Waals surface area contributed by atoms with Gasteiger partial charge in [0.25, 0.3) is 5.91 Å². The van der Waals surface area contributed by atoms with Crippen LogP contribution in [0.2, 0.25) is 0 Å². The number of hydrogen-bond acceptors (Lipinski definition) is 3. The summed E-state index contributed by atoms with van der Waals surface area (Å²) in [5.74, 6) is -1.38. The number of carbonyl (C=O) groups is 1. The molecule has 0 aliphatic heterocycles. The van der Waals surface area contributed by atoms with Crippen LogP contribution in [0.1, 0.15) is 40.4 Å². The summed E-state index contributed by atoms with van der Waals surface area (Å²) in [5, 5.41) is 13.7. The molecular formula is C17H15FN2O3. The van der Waals surface area contributed by atoms with Crippen molar-refractivity contribution in [1.29, 1.82) is 0 Å². The van der Waals surface area contributed by atoms with Gasteiger partial charge in [0.15, 0.2) is 0 Å². The molecule has 1 aliphatic carbocycles. The molecule has 0 bridgehead atoms. The molecule has 118 valence electrons. The number of hydrogen-bond donors (Lipinski definition) is 1. The van der Waals surface area contributed by atoms with Gasteiger partial charge in [-0.05, 0) is 42.5 Å². The van der Waals surface area contributed by atoms with Crippen LogP contribution >= 0.6 is 0 Å². The third-order valence-electron chi connectivity index (χ3n) is 4.08. The number of aryl methyl sites for hydroxylation is 1. The Kier molecular flexibility index (Phi) is 4.06. The monoisotopic (exact) mass is 314 g/mol. The van der Waals surface area contributed by atoms with Crippen LogP contribution in [0.25, 0.3) is 0 Å². The first-order chi connectivity index (χ1) is 11.1. The van der Waals surface area contributed by atoms with Gasteiger partial charge in [0.2, 0.25) is 5.82 Å². The van der Waals surface area contributed by atoms with Crippen molar-refractivity contribution in [3.63, 3.8) is 0 Å². The van der Waals surface area contributed by atoms with Gasteiger partial charge in [-0.2, -0.15) is 4.39 Å². The Balaban J connectivity index is 1.83. The molecule has 0 saturated carbocycles. The van der Waals surface area contributed by atoms with Gasteiger partial charge < -0.3 is 5.32 Å². The summed E-state index contributed by atoms with van der Waals surface area (Å²) in [6.45, 7) is 0. The van der Waals surface area contributed by atoms with Gasteiger partial charge >= 0.3 is 5.69 Å². The van der Waals surface area contributed by atoms with E-state index < -0.39 is 22.3 Å². The van der Waals surface area contributed by atoms with Crippen molar-refractivity contribution in [3.05, 3.63) is 75.1 Å². The Bertz CT molecular complexity index is 776. The maximum absolute atomic E-state index is 13.4. The summed E-state index contributed by atoms with van der Waals surface area (Å²) in [6, 6.07) is 11.0. The van der Waals surface area contributed by atoms with Crippen molar-refractivity contribution in [2.24, 2.45) is 0 Å². The number of rotatable bonds is 3. The number of benzene rings is 2. The summed E-state index contributed by atoms with van der Waals surface area (Å²) in [4.78, 5) is 22.3. The topological polar surface area (TPSA) is 72.2 Å². The van der Waals surface area contributed by atoms with Gasteiger partial charge in [0.05, 0.1) is 11.0 Å². The molecule has 6 heteroatoms. The van der Waals surface area contributed by atoms with Crippen LogP contribution < -0.4 is 5.32 Å². The van der Waals surface area contributed by atoms with E-state index in [1.807, 2.05) is 24.3 Å². The molecule has 1 amide bonds. The minimum atomic E-state index is -0.949. The molecule has 0 heterocycles. The Morgan fingerprint density at radius 3 is 2.83 bits per heavy atom. The minimum Gasteiger partial charge on any atom is -0.345 e. The predicted octanol–water partition coefficient (Wildman–Crippen LogP) is 3.54. The van der Waals surface area contributed by atoms with E-state index in [2.05, 4.69) is 5.32 Å². The van der Waals surface area contributed by atoms with Crippen LogP contribution in [0.3, 0.4) is 0 Å². The average molecular weight is 314 g/mol. The molecule has 1 aliphatic rings. The number of carbonyl (C=O) groups excluding carboxylic acids is 1.